The number of carbonyl (C=O) groups excluding carboxylic acids is 2. The number of halogens is 5. The van der Waals surface area contributed by atoms with Gasteiger partial charge in [0, 0.05) is 18.1 Å². The molecule has 0 fully saturated rings. The van der Waals surface area contributed by atoms with Gasteiger partial charge >= 0.3 is 6.18 Å². The van der Waals surface area contributed by atoms with Gasteiger partial charge in [-0.25, -0.2) is 4.90 Å². The molecule has 0 saturated heterocycles. The second-order valence-corrected chi connectivity index (χ2v) is 10.3. The van der Waals surface area contributed by atoms with Gasteiger partial charge in [-0.05, 0) is 41.2 Å². The predicted octanol–water partition coefficient (Wildman–Crippen LogP) is 6.90. The largest absolute Gasteiger partial charge is 0.435 e. The Labute approximate surface area is 206 Å². The minimum atomic E-state index is -4.89. The molecule has 0 aliphatic carbocycles. The van der Waals surface area contributed by atoms with Crippen molar-refractivity contribution in [2.24, 2.45) is 13.0 Å². The number of hydrogen-bond acceptors (Lipinski definition) is 6. The average Bonchev–Trinajstić information content (AvgIpc) is 3.41. The molecule has 2 amide bonds. The van der Waals surface area contributed by atoms with E-state index in [1.54, 1.807) is 5.38 Å². The van der Waals surface area contributed by atoms with Crippen LogP contribution in [0.1, 0.15) is 63.7 Å². The van der Waals surface area contributed by atoms with Crippen molar-refractivity contribution in [3.8, 4) is 0 Å². The monoisotopic (exact) mass is 538 g/mol. The van der Waals surface area contributed by atoms with Crippen molar-refractivity contribution in [3.05, 3.63) is 48.8 Å². The second-order valence-electron chi connectivity index (χ2n) is 7.83. The number of aromatic nitrogens is 3. The Balaban J connectivity index is 2.19. The van der Waals surface area contributed by atoms with Crippen molar-refractivity contribution < 1.29 is 22.8 Å². The highest BCUT2D eigenvalue weighted by molar-refractivity contribution is 7.11. The molecule has 0 aromatic carbocycles. The first kappa shape index (κ1) is 25.7. The molecule has 3 heterocycles. The lowest BCUT2D eigenvalue weighted by Crippen LogP contribution is -2.38. The summed E-state index contributed by atoms with van der Waals surface area (Å²) in [6, 6.07) is 1.53. The molecule has 0 aliphatic rings. The number of imide groups is 1. The summed E-state index contributed by atoms with van der Waals surface area (Å²) in [6.45, 7) is 5.99. The van der Waals surface area contributed by atoms with Crippen LogP contribution >= 0.6 is 46.1 Å². The summed E-state index contributed by atoms with van der Waals surface area (Å²) in [7, 11) is 1.26. The van der Waals surface area contributed by atoms with Crippen LogP contribution in [-0.2, 0) is 13.2 Å². The second kappa shape index (κ2) is 9.73. The van der Waals surface area contributed by atoms with Crippen molar-refractivity contribution in [3.63, 3.8) is 0 Å². The molecule has 0 aliphatic heterocycles. The Bertz CT molecular complexity index is 1190. The molecule has 13 heteroatoms. The van der Waals surface area contributed by atoms with Crippen molar-refractivity contribution in [1.29, 1.82) is 0 Å². The lowest BCUT2D eigenvalue weighted by Gasteiger charge is -2.23. The van der Waals surface area contributed by atoms with Crippen LogP contribution in [0.3, 0.4) is 0 Å². The zero-order valence-corrected chi connectivity index (χ0v) is 21.1. The van der Waals surface area contributed by atoms with Gasteiger partial charge in [-0.3, -0.25) is 14.3 Å². The van der Waals surface area contributed by atoms with Crippen LogP contribution in [0.25, 0.3) is 0 Å². The van der Waals surface area contributed by atoms with Gasteiger partial charge in [0.15, 0.2) is 10.8 Å². The molecule has 3 aromatic rings. The fourth-order valence-corrected chi connectivity index (χ4v) is 5.55. The zero-order valence-electron chi connectivity index (χ0n) is 17.9. The Kier molecular flexibility index (Phi) is 7.57. The third kappa shape index (κ3) is 5.26. The molecule has 0 bridgehead atoms. The SMILES string of the molecule is CC(C)CC(C)c1sccc1N(C(=O)c1cn(C)nc1C(F)(F)F)C(=O)c1snc(Cl)c1Cl. The third-order valence-corrected chi connectivity index (χ3v) is 7.64. The smallest absolute Gasteiger partial charge is 0.274 e. The molecule has 0 radical (unpaired) electrons. The summed E-state index contributed by atoms with van der Waals surface area (Å²) >= 11 is 14.0. The van der Waals surface area contributed by atoms with Crippen LogP contribution in [0.5, 0.6) is 0 Å². The first-order valence-corrected chi connectivity index (χ1v) is 12.1. The number of nitrogens with zero attached hydrogens (tertiary/aromatic N) is 4. The van der Waals surface area contributed by atoms with Crippen molar-refractivity contribution in [2.45, 2.75) is 39.3 Å². The highest BCUT2D eigenvalue weighted by Crippen LogP contribution is 2.40. The van der Waals surface area contributed by atoms with Crippen molar-refractivity contribution in [1.82, 2.24) is 14.2 Å². The number of thiophene rings is 1. The van der Waals surface area contributed by atoms with Gasteiger partial charge in [0.05, 0.1) is 11.3 Å². The first-order chi connectivity index (χ1) is 15.3. The number of aryl methyl sites for hydroxylation is 1. The van der Waals surface area contributed by atoms with Crippen LogP contribution in [-0.4, -0.2) is 26.0 Å². The van der Waals surface area contributed by atoms with E-state index in [1.165, 1.54) is 24.5 Å². The molecule has 1 unspecified atom stereocenters. The summed E-state index contributed by atoms with van der Waals surface area (Å²) < 4.78 is 45.5. The van der Waals surface area contributed by atoms with E-state index < -0.39 is 29.2 Å². The van der Waals surface area contributed by atoms with E-state index in [0.717, 1.165) is 17.3 Å². The van der Waals surface area contributed by atoms with Crippen LogP contribution < -0.4 is 4.90 Å². The maximum Gasteiger partial charge on any atom is 0.435 e. The Morgan fingerprint density at radius 1 is 1.21 bits per heavy atom. The number of carbonyl (C=O) groups is 2. The Hall–Kier alpha value is -1.95. The highest BCUT2D eigenvalue weighted by atomic mass is 35.5. The summed E-state index contributed by atoms with van der Waals surface area (Å²) in [5, 5.41) is 4.78. The van der Waals surface area contributed by atoms with Gasteiger partial charge in [-0.1, -0.05) is 44.0 Å². The maximum atomic E-state index is 13.6. The van der Waals surface area contributed by atoms with E-state index in [2.05, 4.69) is 9.47 Å². The van der Waals surface area contributed by atoms with Crippen LogP contribution in [0, 0.1) is 5.92 Å². The fraction of sp³-hybridized carbons (Fsp3) is 0.400. The Morgan fingerprint density at radius 2 is 1.88 bits per heavy atom. The van der Waals surface area contributed by atoms with E-state index in [-0.39, 0.29) is 26.7 Å². The van der Waals surface area contributed by atoms with Gasteiger partial charge in [0.2, 0.25) is 0 Å². The van der Waals surface area contributed by atoms with Crippen molar-refractivity contribution in [2.75, 3.05) is 4.90 Å². The summed E-state index contributed by atoms with van der Waals surface area (Å²) in [5.41, 5.74) is -1.94. The van der Waals surface area contributed by atoms with Gasteiger partial charge in [0.1, 0.15) is 9.90 Å². The average molecular weight is 539 g/mol. The topological polar surface area (TPSA) is 68.1 Å². The van der Waals surface area contributed by atoms with Crippen molar-refractivity contribution >= 4 is 63.6 Å². The molecule has 3 rings (SSSR count). The fourth-order valence-electron chi connectivity index (χ4n) is 3.46. The van der Waals surface area contributed by atoms with Gasteiger partial charge < -0.3 is 0 Å². The predicted molar refractivity (Wildman–Crippen MR) is 124 cm³/mol. The molecule has 0 spiro atoms. The first-order valence-electron chi connectivity index (χ1n) is 9.70. The van der Waals surface area contributed by atoms with Crippen LogP contribution in [0.4, 0.5) is 18.9 Å². The summed E-state index contributed by atoms with van der Waals surface area (Å²) in [4.78, 5) is 28.3. The molecule has 33 heavy (non-hydrogen) atoms. The Morgan fingerprint density at radius 3 is 2.42 bits per heavy atom. The van der Waals surface area contributed by atoms with E-state index in [4.69, 9.17) is 23.2 Å². The molecule has 0 saturated carbocycles. The minimum Gasteiger partial charge on any atom is -0.274 e. The van der Waals surface area contributed by atoms with E-state index >= 15 is 0 Å². The van der Waals surface area contributed by atoms with Crippen LogP contribution in [0.2, 0.25) is 10.2 Å². The van der Waals surface area contributed by atoms with E-state index in [9.17, 15) is 22.8 Å². The molecular weight excluding hydrogens is 520 g/mol. The standard InChI is InChI=1S/C20H19Cl2F3N4O2S2/c1-9(2)7-10(3)14-12(5-6-32-14)29(19(31)15-13(21)17(22)27-33-15)18(30)11-8-28(4)26-16(11)20(23,24)25/h5-6,8-10H,7H2,1-4H3. The quantitative estimate of drug-likeness (QED) is 0.320. The molecule has 6 nitrogen and oxygen atoms in total. The molecular formula is C20H19Cl2F3N4O2S2. The zero-order chi connectivity index (χ0) is 24.7. The number of amides is 2. The lowest BCUT2D eigenvalue weighted by molar-refractivity contribution is -0.141. The summed E-state index contributed by atoms with van der Waals surface area (Å²) in [6.07, 6.45) is -3.21. The van der Waals surface area contributed by atoms with E-state index in [0.29, 0.717) is 27.2 Å². The van der Waals surface area contributed by atoms with E-state index in [1.807, 2.05) is 20.8 Å². The van der Waals surface area contributed by atoms with Gasteiger partial charge in [-0.2, -0.15) is 22.6 Å². The van der Waals surface area contributed by atoms with Crippen LogP contribution in [0.15, 0.2) is 17.6 Å². The normalized spacial score (nSPS) is 12.9. The maximum absolute atomic E-state index is 13.6. The number of hydrogen-bond donors (Lipinski definition) is 0. The number of anilines is 1. The third-order valence-electron chi connectivity index (χ3n) is 4.71. The summed E-state index contributed by atoms with van der Waals surface area (Å²) in [5.74, 6) is -1.82. The van der Waals surface area contributed by atoms with Gasteiger partial charge in [0.25, 0.3) is 11.8 Å². The minimum absolute atomic E-state index is 0.0559. The molecule has 0 N–H and O–H groups in total. The number of alkyl halides is 3. The molecule has 178 valence electrons. The molecule has 3 aromatic heterocycles. The number of rotatable bonds is 6. The molecule has 1 atom stereocenters. The lowest BCUT2D eigenvalue weighted by atomic mass is 9.96. The van der Waals surface area contributed by atoms with Gasteiger partial charge in [-0.15, -0.1) is 11.3 Å². The highest BCUT2D eigenvalue weighted by Gasteiger charge is 2.42.